The van der Waals surface area contributed by atoms with Gasteiger partial charge in [-0.25, -0.2) is 0 Å². The lowest BCUT2D eigenvalue weighted by atomic mass is 9.96. The van der Waals surface area contributed by atoms with Crippen LogP contribution < -0.4 is 5.32 Å². The van der Waals surface area contributed by atoms with Gasteiger partial charge in [0.25, 0.3) is 5.69 Å². The van der Waals surface area contributed by atoms with E-state index in [-0.39, 0.29) is 10.6 Å². The van der Waals surface area contributed by atoms with Crippen LogP contribution in [0.25, 0.3) is 10.8 Å². The minimum atomic E-state index is -0.375. The summed E-state index contributed by atoms with van der Waals surface area (Å²) in [6.07, 6.45) is 5.86. The molecule has 0 saturated heterocycles. The van der Waals surface area contributed by atoms with E-state index in [1.54, 1.807) is 12.1 Å². The molecule has 0 unspecified atom stereocenters. The summed E-state index contributed by atoms with van der Waals surface area (Å²) < 4.78 is 0. The summed E-state index contributed by atoms with van der Waals surface area (Å²) in [5, 5.41) is 16.8. The van der Waals surface area contributed by atoms with Gasteiger partial charge >= 0.3 is 0 Å². The van der Waals surface area contributed by atoms with Crippen molar-refractivity contribution in [2.45, 2.75) is 38.1 Å². The van der Waals surface area contributed by atoms with Crippen molar-refractivity contribution in [3.63, 3.8) is 0 Å². The number of non-ortho nitro benzene ring substituents is 1. The van der Waals surface area contributed by atoms with E-state index in [1.807, 2.05) is 24.3 Å². The van der Waals surface area contributed by atoms with E-state index in [0.29, 0.717) is 6.04 Å². The van der Waals surface area contributed by atoms with Gasteiger partial charge in [-0.3, -0.25) is 15.1 Å². The molecule has 0 heterocycles. The number of nitrogens with one attached hydrogen (secondary N) is 1. The van der Waals surface area contributed by atoms with E-state index in [2.05, 4.69) is 23.5 Å². The van der Waals surface area contributed by atoms with Crippen molar-refractivity contribution < 1.29 is 4.92 Å². The van der Waals surface area contributed by atoms with Crippen LogP contribution in [0.15, 0.2) is 71.7 Å². The topological polar surface area (TPSA) is 67.5 Å². The average molecular weight is 373 g/mol. The quantitative estimate of drug-likeness (QED) is 0.266. The van der Waals surface area contributed by atoms with Crippen LogP contribution in [-0.2, 0) is 0 Å². The van der Waals surface area contributed by atoms with Gasteiger partial charge in [-0.1, -0.05) is 55.7 Å². The van der Waals surface area contributed by atoms with E-state index < -0.39 is 0 Å². The normalized spacial score (nSPS) is 15.5. The number of benzene rings is 3. The Hall–Kier alpha value is -3.21. The zero-order valence-corrected chi connectivity index (χ0v) is 15.7. The summed E-state index contributed by atoms with van der Waals surface area (Å²) in [6, 6.07) is 21.3. The number of hydrogen-bond acceptors (Lipinski definition) is 3. The SMILES string of the molecule is O=[N+]([O-])c1ccc(C(=NC2CCCCC2)Nc2cccc3ccccc23)cc1. The van der Waals surface area contributed by atoms with Crippen LogP contribution in [0, 0.1) is 10.1 Å². The summed E-state index contributed by atoms with van der Waals surface area (Å²) in [6.45, 7) is 0. The molecular formula is C23H23N3O2. The fraction of sp³-hybridized carbons (Fsp3) is 0.261. The number of amidine groups is 1. The molecule has 1 aliphatic carbocycles. The van der Waals surface area contributed by atoms with Crippen LogP contribution in [0.5, 0.6) is 0 Å². The lowest BCUT2D eigenvalue weighted by molar-refractivity contribution is -0.384. The van der Waals surface area contributed by atoms with E-state index >= 15 is 0 Å². The molecule has 142 valence electrons. The first-order valence-corrected chi connectivity index (χ1v) is 9.78. The number of nitro groups is 1. The van der Waals surface area contributed by atoms with E-state index in [4.69, 9.17) is 4.99 Å². The third-order valence-electron chi connectivity index (χ3n) is 5.28. The molecule has 0 bridgehead atoms. The zero-order valence-electron chi connectivity index (χ0n) is 15.7. The Morgan fingerprint density at radius 1 is 0.929 bits per heavy atom. The Labute approximate surface area is 164 Å². The molecule has 0 aromatic heterocycles. The van der Waals surface area contributed by atoms with Crippen molar-refractivity contribution >= 4 is 28.0 Å². The lowest BCUT2D eigenvalue weighted by Gasteiger charge is -2.20. The molecule has 1 saturated carbocycles. The highest BCUT2D eigenvalue weighted by atomic mass is 16.6. The maximum atomic E-state index is 11.0. The molecule has 28 heavy (non-hydrogen) atoms. The largest absolute Gasteiger partial charge is 0.340 e. The smallest absolute Gasteiger partial charge is 0.269 e. The summed E-state index contributed by atoms with van der Waals surface area (Å²) in [5.41, 5.74) is 1.95. The number of nitrogens with zero attached hydrogens (tertiary/aromatic N) is 2. The van der Waals surface area contributed by atoms with Crippen LogP contribution in [0.3, 0.4) is 0 Å². The van der Waals surface area contributed by atoms with E-state index in [0.717, 1.165) is 40.7 Å². The monoisotopic (exact) mass is 373 g/mol. The van der Waals surface area contributed by atoms with Gasteiger partial charge in [-0.2, -0.15) is 0 Å². The number of nitro benzene ring substituents is 1. The lowest BCUT2D eigenvalue weighted by Crippen LogP contribution is -2.19. The fourth-order valence-electron chi connectivity index (χ4n) is 3.77. The van der Waals surface area contributed by atoms with Crippen LogP contribution in [0.4, 0.5) is 11.4 Å². The predicted octanol–water partition coefficient (Wildman–Crippen LogP) is 5.94. The summed E-state index contributed by atoms with van der Waals surface area (Å²) in [4.78, 5) is 15.6. The van der Waals surface area contributed by atoms with Crippen LogP contribution in [-0.4, -0.2) is 16.8 Å². The zero-order chi connectivity index (χ0) is 19.3. The second-order valence-corrected chi connectivity index (χ2v) is 7.23. The van der Waals surface area contributed by atoms with Gasteiger partial charge in [0.15, 0.2) is 0 Å². The first-order chi connectivity index (χ1) is 13.7. The van der Waals surface area contributed by atoms with Crippen LogP contribution >= 0.6 is 0 Å². The summed E-state index contributed by atoms with van der Waals surface area (Å²) >= 11 is 0. The maximum absolute atomic E-state index is 11.0. The Morgan fingerprint density at radius 2 is 1.64 bits per heavy atom. The van der Waals surface area contributed by atoms with Crippen molar-refractivity contribution in [2.75, 3.05) is 5.32 Å². The summed E-state index contributed by atoms with van der Waals surface area (Å²) in [5.74, 6) is 0.776. The highest BCUT2D eigenvalue weighted by Gasteiger charge is 2.16. The Bertz CT molecular complexity index is 1000. The fourth-order valence-corrected chi connectivity index (χ4v) is 3.77. The van der Waals surface area contributed by atoms with Gasteiger partial charge in [0.1, 0.15) is 5.84 Å². The second kappa shape index (κ2) is 8.21. The van der Waals surface area contributed by atoms with Gasteiger partial charge < -0.3 is 5.32 Å². The first-order valence-electron chi connectivity index (χ1n) is 9.78. The third kappa shape index (κ3) is 4.03. The molecule has 3 aromatic rings. The number of rotatable bonds is 4. The molecule has 1 aliphatic rings. The van der Waals surface area contributed by atoms with Crippen LogP contribution in [0.2, 0.25) is 0 Å². The molecular weight excluding hydrogens is 350 g/mol. The summed E-state index contributed by atoms with van der Waals surface area (Å²) in [7, 11) is 0. The number of fused-ring (bicyclic) bond motifs is 1. The molecule has 4 rings (SSSR count). The molecule has 0 atom stereocenters. The van der Waals surface area contributed by atoms with Gasteiger partial charge in [0, 0.05) is 28.8 Å². The van der Waals surface area contributed by atoms with Gasteiger partial charge in [0.2, 0.25) is 0 Å². The molecule has 0 amide bonds. The van der Waals surface area contributed by atoms with Gasteiger partial charge in [0.05, 0.1) is 11.0 Å². The van der Waals surface area contributed by atoms with E-state index in [9.17, 15) is 10.1 Å². The molecule has 0 spiro atoms. The Kier molecular flexibility index (Phi) is 5.33. The average Bonchev–Trinajstić information content (AvgIpc) is 2.74. The second-order valence-electron chi connectivity index (χ2n) is 7.23. The highest BCUT2D eigenvalue weighted by molar-refractivity contribution is 6.12. The first kappa shape index (κ1) is 18.2. The van der Waals surface area contributed by atoms with Gasteiger partial charge in [-0.15, -0.1) is 0 Å². The van der Waals surface area contributed by atoms with E-state index in [1.165, 1.54) is 31.4 Å². The minimum Gasteiger partial charge on any atom is -0.340 e. The van der Waals surface area contributed by atoms with Crippen molar-refractivity contribution in [1.82, 2.24) is 0 Å². The van der Waals surface area contributed by atoms with Crippen molar-refractivity contribution in [3.05, 3.63) is 82.4 Å². The molecule has 5 nitrogen and oxygen atoms in total. The Morgan fingerprint density at radius 3 is 2.39 bits per heavy atom. The maximum Gasteiger partial charge on any atom is 0.269 e. The van der Waals surface area contributed by atoms with Crippen molar-refractivity contribution in [3.8, 4) is 0 Å². The number of hydrogen-bond donors (Lipinski definition) is 1. The van der Waals surface area contributed by atoms with Crippen LogP contribution in [0.1, 0.15) is 37.7 Å². The minimum absolute atomic E-state index is 0.0888. The standard InChI is InChI=1S/C23H23N3O2/c27-26(28)20-15-13-18(14-16-20)23(24-19-9-2-1-3-10-19)25-22-12-6-8-17-7-4-5-11-21(17)22/h4-8,11-16,19H,1-3,9-10H2,(H,24,25). The molecule has 3 aromatic carbocycles. The Balaban J connectivity index is 1.71. The van der Waals surface area contributed by atoms with Gasteiger partial charge in [-0.05, 0) is 36.4 Å². The highest BCUT2D eigenvalue weighted by Crippen LogP contribution is 2.26. The molecule has 0 radical (unpaired) electrons. The molecule has 5 heteroatoms. The molecule has 1 N–H and O–H groups in total. The third-order valence-corrected chi connectivity index (χ3v) is 5.28. The molecule has 0 aliphatic heterocycles. The number of aliphatic imine (C=N–C) groups is 1. The predicted molar refractivity (Wildman–Crippen MR) is 114 cm³/mol. The van der Waals surface area contributed by atoms with Crippen molar-refractivity contribution in [1.29, 1.82) is 0 Å². The molecule has 1 fully saturated rings. The number of anilines is 1. The van der Waals surface area contributed by atoms with Crippen molar-refractivity contribution in [2.24, 2.45) is 4.99 Å².